The minimum Gasteiger partial charge on any atom is -0.360 e. The molecule has 0 bridgehead atoms. The van der Waals surface area contributed by atoms with Crippen molar-refractivity contribution in [1.29, 1.82) is 0 Å². The van der Waals surface area contributed by atoms with E-state index in [0.29, 0.717) is 22.8 Å². The molecule has 2 amide bonds. The van der Waals surface area contributed by atoms with Gasteiger partial charge in [-0.15, -0.1) is 0 Å². The first-order valence-corrected chi connectivity index (χ1v) is 8.15. The fourth-order valence-electron chi connectivity index (χ4n) is 2.70. The van der Waals surface area contributed by atoms with Gasteiger partial charge in [0, 0.05) is 25.6 Å². The molecule has 26 heavy (non-hydrogen) atoms. The van der Waals surface area contributed by atoms with E-state index < -0.39 is 0 Å². The van der Waals surface area contributed by atoms with Crippen LogP contribution in [0.5, 0.6) is 0 Å². The number of hydrogen-bond donors (Lipinski definition) is 1. The SMILES string of the molecule is CC(=O)Nc1c(C(=O)N(C)c2cc(C)on2)cccc1-c1ccccc1. The normalized spacial score (nSPS) is 10.4. The zero-order valence-corrected chi connectivity index (χ0v) is 14.8. The Morgan fingerprint density at radius 1 is 1.08 bits per heavy atom. The fourth-order valence-corrected chi connectivity index (χ4v) is 2.70. The number of hydrogen-bond acceptors (Lipinski definition) is 4. The minimum atomic E-state index is -0.292. The zero-order valence-electron chi connectivity index (χ0n) is 14.8. The number of carbonyl (C=O) groups is 2. The Labute approximate surface area is 151 Å². The van der Waals surface area contributed by atoms with E-state index in [1.807, 2.05) is 36.4 Å². The maximum Gasteiger partial charge on any atom is 0.261 e. The number of aryl methyl sites for hydroxylation is 1. The number of benzene rings is 2. The lowest BCUT2D eigenvalue weighted by Crippen LogP contribution is -2.28. The molecule has 3 rings (SSSR count). The first kappa shape index (κ1) is 17.4. The molecule has 0 spiro atoms. The number of para-hydroxylation sites is 1. The molecule has 0 saturated carbocycles. The highest BCUT2D eigenvalue weighted by molar-refractivity contribution is 6.13. The summed E-state index contributed by atoms with van der Waals surface area (Å²) < 4.78 is 5.05. The van der Waals surface area contributed by atoms with Crippen LogP contribution in [0, 0.1) is 6.92 Å². The van der Waals surface area contributed by atoms with Crippen LogP contribution in [0.1, 0.15) is 23.0 Å². The van der Waals surface area contributed by atoms with Crippen molar-refractivity contribution in [2.45, 2.75) is 13.8 Å². The molecule has 2 aromatic carbocycles. The van der Waals surface area contributed by atoms with Crippen molar-refractivity contribution in [2.75, 3.05) is 17.3 Å². The van der Waals surface area contributed by atoms with E-state index in [1.165, 1.54) is 11.8 Å². The van der Waals surface area contributed by atoms with Crippen molar-refractivity contribution in [3.05, 3.63) is 65.9 Å². The molecule has 1 heterocycles. The number of anilines is 2. The summed E-state index contributed by atoms with van der Waals surface area (Å²) in [5.74, 6) is 0.480. The molecule has 1 N–H and O–H groups in total. The molecule has 0 saturated heterocycles. The van der Waals surface area contributed by atoms with Crippen molar-refractivity contribution < 1.29 is 14.1 Å². The van der Waals surface area contributed by atoms with Gasteiger partial charge in [-0.3, -0.25) is 14.5 Å². The first-order valence-electron chi connectivity index (χ1n) is 8.15. The van der Waals surface area contributed by atoms with Crippen LogP contribution >= 0.6 is 0 Å². The zero-order chi connectivity index (χ0) is 18.7. The van der Waals surface area contributed by atoms with Gasteiger partial charge in [-0.05, 0) is 18.6 Å². The van der Waals surface area contributed by atoms with E-state index in [0.717, 1.165) is 11.1 Å². The molecular formula is C20H19N3O3. The van der Waals surface area contributed by atoms with Crippen LogP contribution in [0.2, 0.25) is 0 Å². The number of rotatable bonds is 4. The number of nitrogens with one attached hydrogen (secondary N) is 1. The van der Waals surface area contributed by atoms with Crippen LogP contribution in [0.3, 0.4) is 0 Å². The van der Waals surface area contributed by atoms with Crippen LogP contribution in [-0.2, 0) is 4.79 Å². The second-order valence-electron chi connectivity index (χ2n) is 5.94. The van der Waals surface area contributed by atoms with E-state index in [4.69, 9.17) is 4.52 Å². The summed E-state index contributed by atoms with van der Waals surface area (Å²) >= 11 is 0. The summed E-state index contributed by atoms with van der Waals surface area (Å²) in [4.78, 5) is 26.2. The predicted molar refractivity (Wildman–Crippen MR) is 100 cm³/mol. The average Bonchev–Trinajstić information content (AvgIpc) is 3.07. The molecular weight excluding hydrogens is 330 g/mol. The summed E-state index contributed by atoms with van der Waals surface area (Å²) in [6.45, 7) is 3.17. The summed E-state index contributed by atoms with van der Waals surface area (Å²) in [5.41, 5.74) is 2.54. The van der Waals surface area contributed by atoms with Gasteiger partial charge in [0.2, 0.25) is 5.91 Å². The lowest BCUT2D eigenvalue weighted by atomic mass is 9.99. The van der Waals surface area contributed by atoms with E-state index in [-0.39, 0.29) is 11.8 Å². The largest absolute Gasteiger partial charge is 0.360 e. The van der Waals surface area contributed by atoms with Gasteiger partial charge >= 0.3 is 0 Å². The first-order chi connectivity index (χ1) is 12.5. The molecule has 6 heteroatoms. The third-order valence-corrected chi connectivity index (χ3v) is 3.94. The molecule has 0 radical (unpaired) electrons. The summed E-state index contributed by atoms with van der Waals surface area (Å²) in [7, 11) is 1.62. The fraction of sp³-hybridized carbons (Fsp3) is 0.150. The maximum absolute atomic E-state index is 13.0. The van der Waals surface area contributed by atoms with E-state index >= 15 is 0 Å². The van der Waals surface area contributed by atoms with Crippen molar-refractivity contribution in [1.82, 2.24) is 5.16 Å². The van der Waals surface area contributed by atoms with Crippen molar-refractivity contribution in [2.24, 2.45) is 0 Å². The van der Waals surface area contributed by atoms with Crippen LogP contribution in [0.25, 0.3) is 11.1 Å². The second-order valence-corrected chi connectivity index (χ2v) is 5.94. The third-order valence-electron chi connectivity index (χ3n) is 3.94. The maximum atomic E-state index is 13.0. The Morgan fingerprint density at radius 2 is 1.81 bits per heavy atom. The van der Waals surface area contributed by atoms with Crippen molar-refractivity contribution >= 4 is 23.3 Å². The Kier molecular flexibility index (Phi) is 4.84. The van der Waals surface area contributed by atoms with Gasteiger partial charge in [0.15, 0.2) is 5.82 Å². The lowest BCUT2D eigenvalue weighted by Gasteiger charge is -2.19. The summed E-state index contributed by atoms with van der Waals surface area (Å²) in [5, 5.41) is 6.68. The highest BCUT2D eigenvalue weighted by Crippen LogP contribution is 2.32. The molecule has 0 aliphatic rings. The second kappa shape index (κ2) is 7.23. The van der Waals surface area contributed by atoms with Gasteiger partial charge in [0.25, 0.3) is 5.91 Å². The van der Waals surface area contributed by atoms with Crippen molar-refractivity contribution in [3.8, 4) is 11.1 Å². The number of nitrogens with zero attached hydrogens (tertiary/aromatic N) is 2. The topological polar surface area (TPSA) is 75.4 Å². The Bertz CT molecular complexity index is 948. The van der Waals surface area contributed by atoms with E-state index in [2.05, 4.69) is 10.5 Å². The number of carbonyl (C=O) groups excluding carboxylic acids is 2. The van der Waals surface area contributed by atoms with Gasteiger partial charge < -0.3 is 9.84 Å². The summed E-state index contributed by atoms with van der Waals surface area (Å²) in [6, 6.07) is 16.6. The highest BCUT2D eigenvalue weighted by atomic mass is 16.5. The van der Waals surface area contributed by atoms with Gasteiger partial charge in [0.1, 0.15) is 5.76 Å². The third kappa shape index (κ3) is 3.49. The van der Waals surface area contributed by atoms with Gasteiger partial charge in [-0.2, -0.15) is 0 Å². The molecule has 1 aromatic heterocycles. The molecule has 6 nitrogen and oxygen atoms in total. The van der Waals surface area contributed by atoms with Crippen LogP contribution in [0.15, 0.2) is 59.1 Å². The molecule has 0 aliphatic carbocycles. The lowest BCUT2D eigenvalue weighted by molar-refractivity contribution is -0.114. The molecule has 0 fully saturated rings. The number of amides is 2. The van der Waals surface area contributed by atoms with E-state index in [1.54, 1.807) is 32.2 Å². The van der Waals surface area contributed by atoms with Gasteiger partial charge in [-0.25, -0.2) is 0 Å². The predicted octanol–water partition coefficient (Wildman–Crippen LogP) is 3.89. The highest BCUT2D eigenvalue weighted by Gasteiger charge is 2.22. The van der Waals surface area contributed by atoms with Crippen LogP contribution in [0.4, 0.5) is 11.5 Å². The smallest absolute Gasteiger partial charge is 0.261 e. The van der Waals surface area contributed by atoms with Crippen LogP contribution < -0.4 is 10.2 Å². The molecule has 132 valence electrons. The molecule has 0 unspecified atom stereocenters. The molecule has 3 aromatic rings. The molecule has 0 atom stereocenters. The minimum absolute atomic E-state index is 0.248. The van der Waals surface area contributed by atoms with E-state index in [9.17, 15) is 9.59 Å². The Morgan fingerprint density at radius 3 is 2.42 bits per heavy atom. The standard InChI is InChI=1S/C20H19N3O3/c1-13-12-18(22-26-13)23(3)20(25)17-11-7-10-16(19(17)21-14(2)24)15-8-5-4-6-9-15/h4-12H,1-3H3,(H,21,24). The Balaban J connectivity index is 2.08. The summed E-state index contributed by atoms with van der Waals surface area (Å²) in [6.07, 6.45) is 0. The van der Waals surface area contributed by atoms with Crippen LogP contribution in [-0.4, -0.2) is 24.0 Å². The number of aromatic nitrogens is 1. The average molecular weight is 349 g/mol. The monoisotopic (exact) mass is 349 g/mol. The van der Waals surface area contributed by atoms with Crippen molar-refractivity contribution in [3.63, 3.8) is 0 Å². The quantitative estimate of drug-likeness (QED) is 0.775. The Hall–Kier alpha value is -3.41. The van der Waals surface area contributed by atoms with Gasteiger partial charge in [-0.1, -0.05) is 47.6 Å². The molecule has 0 aliphatic heterocycles. The van der Waals surface area contributed by atoms with Gasteiger partial charge in [0.05, 0.1) is 11.3 Å².